The molecule has 1 aromatic heterocycles. The van der Waals surface area contributed by atoms with Crippen molar-refractivity contribution in [3.8, 4) is 5.75 Å². The van der Waals surface area contributed by atoms with Crippen molar-refractivity contribution in [3.05, 3.63) is 51.5 Å². The van der Waals surface area contributed by atoms with Gasteiger partial charge in [-0.2, -0.15) is 5.43 Å². The van der Waals surface area contributed by atoms with Crippen LogP contribution in [0, 0.1) is 6.92 Å². The fourth-order valence-corrected chi connectivity index (χ4v) is 3.50. The third-order valence-electron chi connectivity index (χ3n) is 4.20. The SMILES string of the molecule is COc1ccc(C2N=NN(C)N2)cc1/C=C/CCCCc1csc(C)n1. The van der Waals surface area contributed by atoms with Gasteiger partial charge in [0.15, 0.2) is 6.17 Å². The molecule has 1 atom stereocenters. The number of aryl methyl sites for hydroxylation is 2. The highest BCUT2D eigenvalue weighted by atomic mass is 32.1. The molecule has 0 saturated carbocycles. The maximum atomic E-state index is 5.48. The van der Waals surface area contributed by atoms with Gasteiger partial charge in [-0.15, -0.1) is 16.5 Å². The molecule has 26 heavy (non-hydrogen) atoms. The first-order chi connectivity index (χ1) is 12.7. The van der Waals surface area contributed by atoms with Crippen molar-refractivity contribution < 1.29 is 4.74 Å². The Hall–Kier alpha value is -2.25. The second kappa shape index (κ2) is 8.91. The number of methoxy groups -OCH3 is 1. The highest BCUT2D eigenvalue weighted by Crippen LogP contribution is 2.27. The van der Waals surface area contributed by atoms with Crippen LogP contribution >= 0.6 is 11.3 Å². The Balaban J connectivity index is 1.53. The van der Waals surface area contributed by atoms with E-state index in [9.17, 15) is 0 Å². The Kier molecular flexibility index (Phi) is 6.35. The van der Waals surface area contributed by atoms with Gasteiger partial charge in [0.1, 0.15) is 5.75 Å². The van der Waals surface area contributed by atoms with E-state index >= 15 is 0 Å². The molecule has 0 aliphatic carbocycles. The Bertz CT molecular complexity index is 786. The quantitative estimate of drug-likeness (QED) is 0.683. The number of hydrogen-bond donors (Lipinski definition) is 1. The Morgan fingerprint density at radius 3 is 2.92 bits per heavy atom. The summed E-state index contributed by atoms with van der Waals surface area (Å²) in [5.41, 5.74) is 6.51. The molecular formula is C19H25N5OS. The van der Waals surface area contributed by atoms with E-state index in [1.165, 1.54) is 5.69 Å². The molecule has 0 bridgehead atoms. The molecule has 1 N–H and O–H groups in total. The van der Waals surface area contributed by atoms with E-state index in [1.807, 2.05) is 19.2 Å². The van der Waals surface area contributed by atoms with Crippen LogP contribution in [0.25, 0.3) is 6.08 Å². The molecule has 1 aromatic carbocycles. The minimum absolute atomic E-state index is 0.139. The number of hydrogen-bond acceptors (Lipinski definition) is 7. The van der Waals surface area contributed by atoms with Crippen molar-refractivity contribution in [2.75, 3.05) is 14.2 Å². The van der Waals surface area contributed by atoms with E-state index in [-0.39, 0.29) is 6.17 Å². The van der Waals surface area contributed by atoms with Gasteiger partial charge in [-0.25, -0.2) is 10.1 Å². The molecule has 1 aliphatic rings. The molecule has 7 heteroatoms. The number of rotatable bonds is 8. The summed E-state index contributed by atoms with van der Waals surface area (Å²) in [6.45, 7) is 2.05. The monoisotopic (exact) mass is 371 g/mol. The lowest BCUT2D eigenvalue weighted by Crippen LogP contribution is -2.26. The third kappa shape index (κ3) is 4.89. The van der Waals surface area contributed by atoms with Crippen LogP contribution in [0.4, 0.5) is 0 Å². The second-order valence-electron chi connectivity index (χ2n) is 6.27. The van der Waals surface area contributed by atoms with Crippen molar-refractivity contribution >= 4 is 17.4 Å². The van der Waals surface area contributed by atoms with Crippen molar-refractivity contribution in [3.63, 3.8) is 0 Å². The first-order valence-corrected chi connectivity index (χ1v) is 9.70. The van der Waals surface area contributed by atoms with Crippen LogP contribution in [0.1, 0.15) is 47.3 Å². The predicted molar refractivity (Wildman–Crippen MR) is 105 cm³/mol. The van der Waals surface area contributed by atoms with Gasteiger partial charge in [-0.05, 0) is 50.3 Å². The molecule has 0 spiro atoms. The van der Waals surface area contributed by atoms with Crippen molar-refractivity contribution in [2.24, 2.45) is 10.3 Å². The van der Waals surface area contributed by atoms with Crippen molar-refractivity contribution in [1.29, 1.82) is 0 Å². The Morgan fingerprint density at radius 2 is 2.23 bits per heavy atom. The molecule has 3 rings (SSSR count). The standard InChI is InChI=1S/C19H25N5OS/c1-14-20-17(13-26-14)9-7-5-4-6-8-15-12-16(10-11-18(15)25-3)19-21-23-24(2)22-19/h6,8,10-13,19,22H,4-5,7,9H2,1-3H3/b8-6+. The average Bonchev–Trinajstić information content (AvgIpc) is 3.26. The van der Waals surface area contributed by atoms with E-state index in [2.05, 4.69) is 51.3 Å². The van der Waals surface area contributed by atoms with Crippen LogP contribution in [0.3, 0.4) is 0 Å². The smallest absolute Gasteiger partial charge is 0.166 e. The number of nitrogens with one attached hydrogen (secondary N) is 1. The highest BCUT2D eigenvalue weighted by Gasteiger charge is 2.18. The van der Waals surface area contributed by atoms with Crippen LogP contribution in [-0.4, -0.2) is 24.3 Å². The number of nitrogens with zero attached hydrogens (tertiary/aromatic N) is 4. The molecule has 0 fully saturated rings. The van der Waals surface area contributed by atoms with Gasteiger partial charge >= 0.3 is 0 Å². The highest BCUT2D eigenvalue weighted by molar-refractivity contribution is 7.09. The summed E-state index contributed by atoms with van der Waals surface area (Å²) in [6.07, 6.45) is 8.61. The summed E-state index contributed by atoms with van der Waals surface area (Å²) >= 11 is 1.72. The number of benzene rings is 1. The molecule has 1 aliphatic heterocycles. The van der Waals surface area contributed by atoms with Crippen LogP contribution in [0.15, 0.2) is 40.0 Å². The summed E-state index contributed by atoms with van der Waals surface area (Å²) < 4.78 is 5.48. The molecule has 0 saturated heterocycles. The minimum atomic E-state index is -0.139. The van der Waals surface area contributed by atoms with Crippen molar-refractivity contribution in [1.82, 2.24) is 15.5 Å². The zero-order valence-corrected chi connectivity index (χ0v) is 16.3. The first-order valence-electron chi connectivity index (χ1n) is 8.82. The van der Waals surface area contributed by atoms with Gasteiger partial charge in [0, 0.05) is 18.0 Å². The fourth-order valence-electron chi connectivity index (χ4n) is 2.85. The van der Waals surface area contributed by atoms with Gasteiger partial charge in [0.2, 0.25) is 0 Å². The van der Waals surface area contributed by atoms with Crippen molar-refractivity contribution in [2.45, 2.75) is 38.8 Å². The molecule has 1 unspecified atom stereocenters. The number of thiazole rings is 1. The number of allylic oxidation sites excluding steroid dienone is 1. The lowest BCUT2D eigenvalue weighted by Gasteiger charge is -2.12. The summed E-state index contributed by atoms with van der Waals surface area (Å²) in [4.78, 5) is 4.51. The van der Waals surface area contributed by atoms with Gasteiger partial charge in [-0.3, -0.25) is 0 Å². The molecular weight excluding hydrogens is 346 g/mol. The second-order valence-corrected chi connectivity index (χ2v) is 7.33. The Labute approximate surface area is 158 Å². The lowest BCUT2D eigenvalue weighted by atomic mass is 10.1. The molecule has 138 valence electrons. The predicted octanol–water partition coefficient (Wildman–Crippen LogP) is 4.70. The van der Waals surface area contributed by atoms with Crippen LogP contribution < -0.4 is 10.2 Å². The fraction of sp³-hybridized carbons (Fsp3) is 0.421. The third-order valence-corrected chi connectivity index (χ3v) is 5.02. The first kappa shape index (κ1) is 18.5. The van der Waals surface area contributed by atoms with E-state index in [0.717, 1.165) is 47.6 Å². The zero-order chi connectivity index (χ0) is 18.4. The van der Waals surface area contributed by atoms with Crippen LogP contribution in [0.2, 0.25) is 0 Å². The summed E-state index contributed by atoms with van der Waals surface area (Å²) in [7, 11) is 3.53. The molecule has 2 heterocycles. The van der Waals surface area contributed by atoms with E-state index < -0.39 is 0 Å². The largest absolute Gasteiger partial charge is 0.496 e. The minimum Gasteiger partial charge on any atom is -0.496 e. The topological polar surface area (TPSA) is 62.1 Å². The molecule has 2 aromatic rings. The van der Waals surface area contributed by atoms with Gasteiger partial charge in [-0.1, -0.05) is 23.4 Å². The molecule has 0 amide bonds. The Morgan fingerprint density at radius 1 is 1.35 bits per heavy atom. The van der Waals surface area contributed by atoms with Crippen LogP contribution in [0.5, 0.6) is 5.75 Å². The van der Waals surface area contributed by atoms with E-state index in [1.54, 1.807) is 23.6 Å². The molecule has 6 nitrogen and oxygen atoms in total. The maximum Gasteiger partial charge on any atom is 0.166 e. The van der Waals surface area contributed by atoms with Crippen LogP contribution in [-0.2, 0) is 6.42 Å². The van der Waals surface area contributed by atoms with Gasteiger partial charge < -0.3 is 4.74 Å². The van der Waals surface area contributed by atoms with E-state index in [4.69, 9.17) is 4.74 Å². The summed E-state index contributed by atoms with van der Waals surface area (Å²) in [5.74, 6) is 0.867. The summed E-state index contributed by atoms with van der Waals surface area (Å²) in [5, 5.41) is 13.1. The maximum absolute atomic E-state index is 5.48. The number of ether oxygens (including phenoxy) is 1. The summed E-state index contributed by atoms with van der Waals surface area (Å²) in [6, 6.07) is 6.10. The number of hydrazine groups is 1. The number of aromatic nitrogens is 1. The lowest BCUT2D eigenvalue weighted by molar-refractivity contribution is 0.262. The van der Waals surface area contributed by atoms with E-state index in [0.29, 0.717) is 0 Å². The average molecular weight is 372 g/mol. The van der Waals surface area contributed by atoms with Gasteiger partial charge in [0.05, 0.1) is 17.8 Å². The number of unbranched alkanes of at least 4 members (excludes halogenated alkanes) is 2. The molecule has 0 radical (unpaired) electrons. The zero-order valence-electron chi connectivity index (χ0n) is 15.5. The normalized spacial score (nSPS) is 16.7. The van der Waals surface area contributed by atoms with Gasteiger partial charge in [0.25, 0.3) is 0 Å².